The molecule has 0 amide bonds. The summed E-state index contributed by atoms with van der Waals surface area (Å²) in [6, 6.07) is 10.8. The fourth-order valence-corrected chi connectivity index (χ4v) is 4.95. The number of methoxy groups -OCH3 is 1. The number of aromatic nitrogens is 5. The van der Waals surface area contributed by atoms with Crippen molar-refractivity contribution in [1.29, 1.82) is 0 Å². The third-order valence-corrected chi connectivity index (χ3v) is 7.31. The van der Waals surface area contributed by atoms with Crippen LogP contribution in [0.25, 0.3) is 0 Å². The van der Waals surface area contributed by atoms with Crippen LogP contribution in [0.4, 0.5) is 0 Å². The molecule has 1 aliphatic heterocycles. The molecular weight excluding hydrogens is 428 g/mol. The number of hydrogen-bond donors (Lipinski definition) is 0. The molecular formula is C18H20N6O4S2. The fourth-order valence-electron chi connectivity index (χ4n) is 2.88. The largest absolute Gasteiger partial charge is 0.497 e. The Balaban J connectivity index is 1.45. The van der Waals surface area contributed by atoms with E-state index in [1.54, 1.807) is 23.9 Å². The van der Waals surface area contributed by atoms with E-state index in [0.717, 1.165) is 11.3 Å². The van der Waals surface area contributed by atoms with Gasteiger partial charge in [-0.25, -0.2) is 18.1 Å². The van der Waals surface area contributed by atoms with Crippen molar-refractivity contribution >= 4 is 21.8 Å². The zero-order chi connectivity index (χ0) is 21.0. The Bertz CT molecular complexity index is 1080. The number of pyridine rings is 1. The maximum absolute atomic E-state index is 12.7. The third-order valence-electron chi connectivity index (χ3n) is 4.50. The number of benzene rings is 1. The summed E-state index contributed by atoms with van der Waals surface area (Å²) in [4.78, 5) is 4.44. The first-order chi connectivity index (χ1) is 14.6. The van der Waals surface area contributed by atoms with Crippen molar-refractivity contribution in [1.82, 2.24) is 29.5 Å². The van der Waals surface area contributed by atoms with Crippen LogP contribution in [0.3, 0.4) is 0 Å². The van der Waals surface area contributed by atoms with E-state index in [2.05, 4.69) is 20.5 Å². The molecule has 0 aliphatic carbocycles. The lowest BCUT2D eigenvalue weighted by molar-refractivity contribution is 0.0730. The van der Waals surface area contributed by atoms with E-state index in [0.29, 0.717) is 43.0 Å². The smallest absolute Gasteiger partial charge is 0.244 e. The lowest BCUT2D eigenvalue weighted by Crippen LogP contribution is -2.40. The van der Waals surface area contributed by atoms with E-state index in [1.807, 2.05) is 24.3 Å². The summed E-state index contributed by atoms with van der Waals surface area (Å²) in [5.41, 5.74) is 1.02. The number of nitrogens with zero attached hydrogens (tertiary/aromatic N) is 6. The molecule has 0 unspecified atom stereocenters. The summed E-state index contributed by atoms with van der Waals surface area (Å²) >= 11 is 1.27. The summed E-state index contributed by atoms with van der Waals surface area (Å²) in [6.45, 7) is 1.98. The van der Waals surface area contributed by atoms with E-state index >= 15 is 0 Å². The molecule has 2 aromatic heterocycles. The van der Waals surface area contributed by atoms with Crippen LogP contribution < -0.4 is 4.74 Å². The monoisotopic (exact) mass is 448 g/mol. The zero-order valence-electron chi connectivity index (χ0n) is 16.2. The maximum atomic E-state index is 12.7. The highest BCUT2D eigenvalue weighted by Gasteiger charge is 2.26. The average Bonchev–Trinajstić information content (AvgIpc) is 3.21. The standard InChI is InChI=1S/C18H20N6O4S2/c1-27-15-4-2-14(3-5-15)13-24-18(20-21-22-24)29-17-7-6-16(12-19-17)30(25,26)23-8-10-28-11-9-23/h2-7,12H,8-11,13H2,1H3. The molecule has 3 aromatic rings. The van der Waals surface area contributed by atoms with Crippen molar-refractivity contribution < 1.29 is 17.9 Å². The van der Waals surface area contributed by atoms with Gasteiger partial charge in [-0.15, -0.1) is 5.10 Å². The Morgan fingerprint density at radius 2 is 1.90 bits per heavy atom. The van der Waals surface area contributed by atoms with Gasteiger partial charge < -0.3 is 9.47 Å². The highest BCUT2D eigenvalue weighted by atomic mass is 32.2. The number of ether oxygens (including phenoxy) is 2. The average molecular weight is 449 g/mol. The van der Waals surface area contributed by atoms with Crippen molar-refractivity contribution in [2.75, 3.05) is 33.4 Å². The third kappa shape index (κ3) is 4.61. The molecule has 0 N–H and O–H groups in total. The van der Waals surface area contributed by atoms with Gasteiger partial charge in [-0.05, 0) is 52.0 Å². The lowest BCUT2D eigenvalue weighted by atomic mass is 10.2. The van der Waals surface area contributed by atoms with Gasteiger partial charge in [0.05, 0.1) is 26.9 Å². The number of morpholine rings is 1. The summed E-state index contributed by atoms with van der Waals surface area (Å²) in [5, 5.41) is 13.0. The first kappa shape index (κ1) is 20.7. The van der Waals surface area contributed by atoms with Crippen LogP contribution in [-0.2, 0) is 21.3 Å². The van der Waals surface area contributed by atoms with Gasteiger partial charge in [0.2, 0.25) is 15.2 Å². The molecule has 3 heterocycles. The van der Waals surface area contributed by atoms with Gasteiger partial charge in [0.25, 0.3) is 0 Å². The van der Waals surface area contributed by atoms with Crippen LogP contribution in [0.5, 0.6) is 5.75 Å². The van der Waals surface area contributed by atoms with E-state index in [4.69, 9.17) is 9.47 Å². The SMILES string of the molecule is COc1ccc(Cn2nnnc2Sc2ccc(S(=O)(=O)N3CCOCC3)cn2)cc1. The van der Waals surface area contributed by atoms with Crippen molar-refractivity contribution in [3.63, 3.8) is 0 Å². The molecule has 1 fully saturated rings. The predicted molar refractivity (Wildman–Crippen MR) is 108 cm³/mol. The first-order valence-electron chi connectivity index (χ1n) is 9.17. The Labute approximate surface area is 178 Å². The molecule has 0 radical (unpaired) electrons. The number of tetrazole rings is 1. The second-order valence-electron chi connectivity index (χ2n) is 6.42. The molecule has 0 bridgehead atoms. The molecule has 1 aliphatic rings. The molecule has 0 spiro atoms. The van der Waals surface area contributed by atoms with Crippen LogP contribution in [0.2, 0.25) is 0 Å². The van der Waals surface area contributed by atoms with Crippen molar-refractivity contribution in [3.8, 4) is 5.75 Å². The van der Waals surface area contributed by atoms with Crippen molar-refractivity contribution in [2.24, 2.45) is 0 Å². The summed E-state index contributed by atoms with van der Waals surface area (Å²) in [5.74, 6) is 0.779. The number of sulfonamides is 1. The molecule has 1 saturated heterocycles. The molecule has 158 valence electrons. The number of hydrogen-bond acceptors (Lipinski definition) is 9. The van der Waals surface area contributed by atoms with Crippen LogP contribution in [-0.4, -0.2) is 71.3 Å². The van der Waals surface area contributed by atoms with Crippen molar-refractivity contribution in [3.05, 3.63) is 48.2 Å². The van der Waals surface area contributed by atoms with Gasteiger partial charge in [0.15, 0.2) is 0 Å². The van der Waals surface area contributed by atoms with Gasteiger partial charge >= 0.3 is 0 Å². The molecule has 1 aromatic carbocycles. The minimum atomic E-state index is -3.57. The Hall–Kier alpha value is -2.54. The topological polar surface area (TPSA) is 112 Å². The first-order valence-corrected chi connectivity index (χ1v) is 11.4. The molecule has 10 nitrogen and oxygen atoms in total. The lowest BCUT2D eigenvalue weighted by Gasteiger charge is -2.25. The number of rotatable bonds is 7. The van der Waals surface area contributed by atoms with Gasteiger partial charge in [-0.1, -0.05) is 12.1 Å². The van der Waals surface area contributed by atoms with E-state index in [-0.39, 0.29) is 4.90 Å². The minimum Gasteiger partial charge on any atom is -0.497 e. The predicted octanol–water partition coefficient (Wildman–Crippen LogP) is 1.30. The van der Waals surface area contributed by atoms with E-state index in [1.165, 1.54) is 22.3 Å². The van der Waals surface area contributed by atoms with Crippen LogP contribution in [0.15, 0.2) is 57.7 Å². The maximum Gasteiger partial charge on any atom is 0.244 e. The second kappa shape index (κ2) is 9.08. The summed E-state index contributed by atoms with van der Waals surface area (Å²) in [7, 11) is -1.95. The van der Waals surface area contributed by atoms with Crippen LogP contribution in [0, 0.1) is 0 Å². The quantitative estimate of drug-likeness (QED) is 0.528. The van der Waals surface area contributed by atoms with Gasteiger partial charge in [-0.2, -0.15) is 4.31 Å². The fraction of sp³-hybridized carbons (Fsp3) is 0.333. The van der Waals surface area contributed by atoms with Gasteiger partial charge in [0, 0.05) is 19.3 Å². The van der Waals surface area contributed by atoms with E-state index < -0.39 is 10.0 Å². The minimum absolute atomic E-state index is 0.159. The summed E-state index contributed by atoms with van der Waals surface area (Å²) < 4.78 is 38.9. The van der Waals surface area contributed by atoms with Gasteiger partial charge in [0.1, 0.15) is 15.7 Å². The molecule has 30 heavy (non-hydrogen) atoms. The molecule has 12 heteroatoms. The van der Waals surface area contributed by atoms with E-state index in [9.17, 15) is 8.42 Å². The second-order valence-corrected chi connectivity index (χ2v) is 9.34. The highest BCUT2D eigenvalue weighted by Crippen LogP contribution is 2.26. The van der Waals surface area contributed by atoms with Crippen molar-refractivity contribution in [2.45, 2.75) is 21.6 Å². The Morgan fingerprint density at radius 1 is 1.13 bits per heavy atom. The van der Waals surface area contributed by atoms with Crippen LogP contribution >= 0.6 is 11.8 Å². The molecule has 0 saturated carbocycles. The summed E-state index contributed by atoms with van der Waals surface area (Å²) in [6.07, 6.45) is 1.37. The Kier molecular flexibility index (Phi) is 6.27. The Morgan fingerprint density at radius 3 is 2.57 bits per heavy atom. The van der Waals surface area contributed by atoms with Gasteiger partial charge in [-0.3, -0.25) is 0 Å². The zero-order valence-corrected chi connectivity index (χ0v) is 17.8. The molecule has 4 rings (SSSR count). The van der Waals surface area contributed by atoms with Crippen LogP contribution in [0.1, 0.15) is 5.56 Å². The normalized spacial score (nSPS) is 15.2. The molecule has 0 atom stereocenters. The highest BCUT2D eigenvalue weighted by molar-refractivity contribution is 7.99.